The van der Waals surface area contributed by atoms with Crippen molar-refractivity contribution in [2.24, 2.45) is 5.92 Å². The van der Waals surface area contributed by atoms with Gasteiger partial charge in [0.05, 0.1) is 12.9 Å². The van der Waals surface area contributed by atoms with Crippen molar-refractivity contribution in [3.05, 3.63) is 0 Å². The Labute approximate surface area is 67.2 Å². The van der Waals surface area contributed by atoms with Gasteiger partial charge in [0.2, 0.25) is 10.0 Å². The van der Waals surface area contributed by atoms with E-state index in [-0.39, 0.29) is 0 Å². The van der Waals surface area contributed by atoms with Crippen molar-refractivity contribution in [2.75, 3.05) is 33.1 Å². The second kappa shape index (κ2) is 3.08. The van der Waals surface area contributed by atoms with Crippen LogP contribution in [0.4, 0.5) is 0 Å². The summed E-state index contributed by atoms with van der Waals surface area (Å²) in [5, 5.41) is 0. The Morgan fingerprint density at radius 3 is 2.45 bits per heavy atom. The molecule has 0 bridgehead atoms. The van der Waals surface area contributed by atoms with Gasteiger partial charge in [0.15, 0.2) is 0 Å². The van der Waals surface area contributed by atoms with Crippen LogP contribution in [0.1, 0.15) is 0 Å². The van der Waals surface area contributed by atoms with E-state index in [2.05, 4.69) is 0 Å². The molecule has 0 radical (unpaired) electrons. The fourth-order valence-electron chi connectivity index (χ4n) is 1.13. The molecule has 1 saturated heterocycles. The van der Waals surface area contributed by atoms with E-state index in [1.165, 1.54) is 10.6 Å². The van der Waals surface area contributed by atoms with E-state index in [0.717, 1.165) is 0 Å². The molecule has 0 atom stereocenters. The Bertz CT molecular complexity index is 218. The van der Waals surface area contributed by atoms with Crippen molar-refractivity contribution in [1.82, 2.24) is 4.31 Å². The summed E-state index contributed by atoms with van der Waals surface area (Å²) in [5.74, 6) is 0.398. The zero-order valence-corrected chi connectivity index (χ0v) is 7.60. The summed E-state index contributed by atoms with van der Waals surface area (Å²) in [6.07, 6.45) is 1.23. The minimum atomic E-state index is -2.94. The van der Waals surface area contributed by atoms with Crippen LogP contribution in [0.25, 0.3) is 0 Å². The first-order valence-electron chi connectivity index (χ1n) is 3.48. The number of ether oxygens (including phenoxy) is 1. The highest BCUT2D eigenvalue weighted by Gasteiger charge is 2.32. The lowest BCUT2D eigenvalue weighted by molar-refractivity contribution is 0.0826. The second-order valence-electron chi connectivity index (χ2n) is 2.90. The Hall–Kier alpha value is -0.130. The molecule has 1 aliphatic heterocycles. The Morgan fingerprint density at radius 1 is 1.55 bits per heavy atom. The third-order valence-electron chi connectivity index (χ3n) is 1.80. The first-order valence-corrected chi connectivity index (χ1v) is 5.33. The third kappa shape index (κ3) is 2.15. The summed E-state index contributed by atoms with van der Waals surface area (Å²) >= 11 is 0. The van der Waals surface area contributed by atoms with Crippen LogP contribution in [0, 0.1) is 5.92 Å². The SMILES string of the molecule is COCC1CN(S(C)(=O)=O)C1. The van der Waals surface area contributed by atoms with Gasteiger partial charge in [0.1, 0.15) is 0 Å². The molecule has 0 aromatic carbocycles. The maximum Gasteiger partial charge on any atom is 0.211 e. The highest BCUT2D eigenvalue weighted by atomic mass is 32.2. The summed E-state index contributed by atoms with van der Waals surface area (Å²) < 4.78 is 28.0. The fourth-order valence-corrected chi connectivity index (χ4v) is 2.10. The number of hydrogen-bond donors (Lipinski definition) is 0. The molecule has 0 unspecified atom stereocenters. The summed E-state index contributed by atoms with van der Waals surface area (Å²) in [7, 11) is -1.31. The van der Waals surface area contributed by atoms with Crippen molar-refractivity contribution in [2.45, 2.75) is 0 Å². The lowest BCUT2D eigenvalue weighted by atomic mass is 10.1. The van der Waals surface area contributed by atoms with Crippen LogP contribution in [0.15, 0.2) is 0 Å². The molecule has 0 amide bonds. The largest absolute Gasteiger partial charge is 0.384 e. The van der Waals surface area contributed by atoms with Crippen LogP contribution >= 0.6 is 0 Å². The van der Waals surface area contributed by atoms with E-state index < -0.39 is 10.0 Å². The van der Waals surface area contributed by atoms with E-state index in [0.29, 0.717) is 25.6 Å². The first kappa shape index (κ1) is 8.96. The average molecular weight is 179 g/mol. The summed E-state index contributed by atoms with van der Waals surface area (Å²) in [5.41, 5.74) is 0. The predicted octanol–water partition coefficient (Wildman–Crippen LogP) is -0.476. The van der Waals surface area contributed by atoms with Crippen molar-refractivity contribution in [1.29, 1.82) is 0 Å². The Balaban J connectivity index is 2.30. The van der Waals surface area contributed by atoms with Gasteiger partial charge in [-0.3, -0.25) is 0 Å². The van der Waals surface area contributed by atoms with Gasteiger partial charge >= 0.3 is 0 Å². The smallest absolute Gasteiger partial charge is 0.211 e. The van der Waals surface area contributed by atoms with E-state index in [4.69, 9.17) is 4.74 Å². The first-order chi connectivity index (χ1) is 5.04. The molecule has 1 heterocycles. The number of methoxy groups -OCH3 is 1. The molecule has 0 aromatic rings. The number of sulfonamides is 1. The molecule has 66 valence electrons. The molecule has 1 fully saturated rings. The topological polar surface area (TPSA) is 46.6 Å². The van der Waals surface area contributed by atoms with Crippen LogP contribution in [-0.4, -0.2) is 45.8 Å². The van der Waals surface area contributed by atoms with Crippen LogP contribution in [0.2, 0.25) is 0 Å². The molecule has 5 heteroatoms. The van der Waals surface area contributed by atoms with E-state index >= 15 is 0 Å². The van der Waals surface area contributed by atoms with Crippen molar-refractivity contribution >= 4 is 10.0 Å². The molecular weight excluding hydrogens is 166 g/mol. The van der Waals surface area contributed by atoms with Crippen molar-refractivity contribution in [3.63, 3.8) is 0 Å². The Morgan fingerprint density at radius 2 is 2.09 bits per heavy atom. The molecular formula is C6H13NO3S. The maximum atomic E-state index is 10.8. The van der Waals surface area contributed by atoms with E-state index in [1.807, 2.05) is 0 Å². The van der Waals surface area contributed by atoms with Crippen molar-refractivity contribution in [3.8, 4) is 0 Å². The summed E-state index contributed by atoms with van der Waals surface area (Å²) in [4.78, 5) is 0. The van der Waals surface area contributed by atoms with Gasteiger partial charge in [-0.25, -0.2) is 12.7 Å². The zero-order valence-electron chi connectivity index (χ0n) is 6.78. The molecule has 11 heavy (non-hydrogen) atoms. The highest BCUT2D eigenvalue weighted by Crippen LogP contribution is 2.18. The van der Waals surface area contributed by atoms with Crippen LogP contribution in [0.3, 0.4) is 0 Å². The third-order valence-corrected chi connectivity index (χ3v) is 3.03. The average Bonchev–Trinajstić information content (AvgIpc) is 1.74. The predicted molar refractivity (Wildman–Crippen MR) is 41.8 cm³/mol. The minimum Gasteiger partial charge on any atom is -0.384 e. The van der Waals surface area contributed by atoms with Gasteiger partial charge in [0, 0.05) is 26.1 Å². The van der Waals surface area contributed by atoms with Gasteiger partial charge in [-0.15, -0.1) is 0 Å². The van der Waals surface area contributed by atoms with E-state index in [9.17, 15) is 8.42 Å². The Kier molecular flexibility index (Phi) is 2.51. The molecule has 0 aliphatic carbocycles. The number of hydrogen-bond acceptors (Lipinski definition) is 3. The number of rotatable bonds is 3. The molecule has 0 spiro atoms. The molecule has 1 rings (SSSR count). The van der Waals surface area contributed by atoms with Gasteiger partial charge < -0.3 is 4.74 Å². The van der Waals surface area contributed by atoms with Crippen LogP contribution in [0.5, 0.6) is 0 Å². The van der Waals surface area contributed by atoms with Gasteiger partial charge in [-0.1, -0.05) is 0 Å². The van der Waals surface area contributed by atoms with Crippen LogP contribution < -0.4 is 0 Å². The monoisotopic (exact) mass is 179 g/mol. The fraction of sp³-hybridized carbons (Fsp3) is 1.00. The normalized spacial score (nSPS) is 21.6. The molecule has 4 nitrogen and oxygen atoms in total. The summed E-state index contributed by atoms with van der Waals surface area (Å²) in [6.45, 7) is 1.89. The van der Waals surface area contributed by atoms with Gasteiger partial charge in [-0.2, -0.15) is 0 Å². The standard InChI is InChI=1S/C6H13NO3S/c1-10-5-6-3-7(4-6)11(2,8)9/h6H,3-5H2,1-2H3. The molecule has 0 aromatic heterocycles. The van der Waals surface area contributed by atoms with Gasteiger partial charge in [-0.05, 0) is 0 Å². The zero-order chi connectivity index (χ0) is 8.48. The van der Waals surface area contributed by atoms with Gasteiger partial charge in [0.25, 0.3) is 0 Å². The minimum absolute atomic E-state index is 0.398. The lowest BCUT2D eigenvalue weighted by Gasteiger charge is -2.36. The van der Waals surface area contributed by atoms with Crippen LogP contribution in [-0.2, 0) is 14.8 Å². The molecule has 0 saturated carbocycles. The quantitative estimate of drug-likeness (QED) is 0.588. The van der Waals surface area contributed by atoms with Crippen molar-refractivity contribution < 1.29 is 13.2 Å². The molecule has 0 N–H and O–H groups in total. The molecule has 1 aliphatic rings. The lowest BCUT2D eigenvalue weighted by Crippen LogP contribution is -2.50. The highest BCUT2D eigenvalue weighted by molar-refractivity contribution is 7.88. The van der Waals surface area contributed by atoms with E-state index in [1.54, 1.807) is 7.11 Å². The second-order valence-corrected chi connectivity index (χ2v) is 4.88. The number of nitrogens with zero attached hydrogens (tertiary/aromatic N) is 1. The summed E-state index contributed by atoms with van der Waals surface area (Å²) in [6, 6.07) is 0. The maximum absolute atomic E-state index is 10.8.